The van der Waals surface area contributed by atoms with Crippen molar-refractivity contribution in [3.8, 4) is 44.6 Å². The van der Waals surface area contributed by atoms with E-state index >= 15 is 0 Å². The summed E-state index contributed by atoms with van der Waals surface area (Å²) < 4.78 is 0. The zero-order chi connectivity index (χ0) is 31.6. The third kappa shape index (κ3) is 4.16. The van der Waals surface area contributed by atoms with Gasteiger partial charge in [0.15, 0.2) is 0 Å². The van der Waals surface area contributed by atoms with E-state index in [2.05, 4.69) is 131 Å². The second kappa shape index (κ2) is 10.5. The molecule has 4 nitrogen and oxygen atoms in total. The lowest BCUT2D eigenvalue weighted by atomic mass is 9.86. The maximum atomic E-state index is 5.23. The summed E-state index contributed by atoms with van der Waals surface area (Å²) in [6.07, 6.45) is 9.25. The zero-order valence-corrected chi connectivity index (χ0v) is 25.8. The van der Waals surface area contributed by atoms with Crippen molar-refractivity contribution in [3.05, 3.63) is 158 Å². The number of nitrogens with zero attached hydrogens (tertiary/aromatic N) is 4. The quantitative estimate of drug-likeness (QED) is 0.186. The van der Waals surface area contributed by atoms with Crippen LogP contribution < -0.4 is 0 Å². The Morgan fingerprint density at radius 2 is 0.875 bits per heavy atom. The Morgan fingerprint density at radius 3 is 1.54 bits per heavy atom. The van der Waals surface area contributed by atoms with Crippen molar-refractivity contribution in [3.63, 3.8) is 0 Å². The number of pyridine rings is 4. The molecule has 0 atom stereocenters. The van der Waals surface area contributed by atoms with E-state index in [-0.39, 0.29) is 0 Å². The van der Waals surface area contributed by atoms with Gasteiger partial charge in [-0.15, -0.1) is 0 Å². The van der Waals surface area contributed by atoms with Crippen LogP contribution in [-0.2, 0) is 0 Å². The Balaban J connectivity index is 1.21. The SMILES string of the molecule is c1cnc2c(c1)ccc1ccc(-c3ccc4ccc5c(-c6cc(-c7ccncc7)cc(-c7ccncc7)c6)ccc6ccc3c4c65)nc12. The van der Waals surface area contributed by atoms with Crippen LogP contribution in [0.1, 0.15) is 0 Å². The molecule has 0 radical (unpaired) electrons. The number of rotatable bonds is 4. The highest BCUT2D eigenvalue weighted by molar-refractivity contribution is 6.27. The molecule has 0 aliphatic heterocycles. The summed E-state index contributed by atoms with van der Waals surface area (Å²) in [7, 11) is 0. The lowest BCUT2D eigenvalue weighted by molar-refractivity contribution is 1.33. The fourth-order valence-electron chi connectivity index (χ4n) is 7.36. The van der Waals surface area contributed by atoms with Crippen molar-refractivity contribution in [2.24, 2.45) is 0 Å². The second-order valence-electron chi connectivity index (χ2n) is 12.3. The van der Waals surface area contributed by atoms with E-state index in [1.54, 1.807) is 0 Å². The predicted octanol–water partition coefficient (Wildman–Crippen LogP) is 11.1. The molecule has 0 fully saturated rings. The summed E-state index contributed by atoms with van der Waals surface area (Å²) in [4.78, 5) is 18.4. The molecular formula is C44H26N4. The first-order valence-corrected chi connectivity index (χ1v) is 16.1. The number of hydrogen-bond donors (Lipinski definition) is 0. The Bertz CT molecular complexity index is 2770. The van der Waals surface area contributed by atoms with Crippen molar-refractivity contribution in [1.29, 1.82) is 0 Å². The number of benzene rings is 6. The van der Waals surface area contributed by atoms with E-state index in [9.17, 15) is 0 Å². The molecule has 10 rings (SSSR count). The molecule has 0 saturated heterocycles. The molecule has 0 amide bonds. The molecule has 48 heavy (non-hydrogen) atoms. The van der Waals surface area contributed by atoms with Gasteiger partial charge in [0, 0.05) is 47.3 Å². The normalized spacial score (nSPS) is 11.8. The highest BCUT2D eigenvalue weighted by Crippen LogP contribution is 2.43. The summed E-state index contributed by atoms with van der Waals surface area (Å²) in [5.74, 6) is 0. The Hall–Kier alpha value is -6.52. The van der Waals surface area contributed by atoms with Gasteiger partial charge in [-0.1, -0.05) is 72.8 Å². The van der Waals surface area contributed by atoms with Gasteiger partial charge < -0.3 is 0 Å². The largest absolute Gasteiger partial charge is 0.265 e. The van der Waals surface area contributed by atoms with Gasteiger partial charge in [-0.05, 0) is 120 Å². The van der Waals surface area contributed by atoms with E-state index in [1.807, 2.05) is 37.1 Å². The van der Waals surface area contributed by atoms with E-state index in [1.165, 1.54) is 43.4 Å². The first kappa shape index (κ1) is 26.7. The summed E-state index contributed by atoms with van der Waals surface area (Å²) in [6.45, 7) is 0. The van der Waals surface area contributed by atoms with Crippen LogP contribution in [0.4, 0.5) is 0 Å². The molecule has 222 valence electrons. The van der Waals surface area contributed by atoms with Crippen molar-refractivity contribution in [2.45, 2.75) is 0 Å². The smallest absolute Gasteiger partial charge is 0.0972 e. The molecule has 0 bridgehead atoms. The minimum Gasteiger partial charge on any atom is -0.265 e. The summed E-state index contributed by atoms with van der Waals surface area (Å²) >= 11 is 0. The zero-order valence-electron chi connectivity index (χ0n) is 25.8. The van der Waals surface area contributed by atoms with E-state index in [0.29, 0.717) is 0 Å². The number of aromatic nitrogens is 4. The van der Waals surface area contributed by atoms with Crippen LogP contribution >= 0.6 is 0 Å². The van der Waals surface area contributed by atoms with Crippen molar-refractivity contribution >= 4 is 54.1 Å². The van der Waals surface area contributed by atoms with Crippen molar-refractivity contribution in [1.82, 2.24) is 19.9 Å². The fraction of sp³-hybridized carbons (Fsp3) is 0. The van der Waals surface area contributed by atoms with Crippen LogP contribution in [0, 0.1) is 0 Å². The first-order chi connectivity index (χ1) is 23.8. The standard InChI is InChI=1S/C44H26N4/c1-2-31-3-4-32-9-14-40(48-44(32)43(31)47-19-1)37-11-6-30-7-12-38-36(10-5-29-8-13-39(37)42(30)41(29)38)35-25-33(27-15-20-45-21-16-27)24-34(26-35)28-17-22-46-23-18-28/h1-26H. The van der Waals surface area contributed by atoms with Gasteiger partial charge in [0.1, 0.15) is 0 Å². The Morgan fingerprint density at radius 1 is 0.354 bits per heavy atom. The molecular weight excluding hydrogens is 585 g/mol. The van der Waals surface area contributed by atoms with Crippen LogP contribution in [-0.4, -0.2) is 19.9 Å². The van der Waals surface area contributed by atoms with Crippen LogP contribution in [0.25, 0.3) is 98.8 Å². The first-order valence-electron chi connectivity index (χ1n) is 16.1. The van der Waals surface area contributed by atoms with E-state index < -0.39 is 0 Å². The van der Waals surface area contributed by atoms with E-state index in [4.69, 9.17) is 9.97 Å². The third-order valence-electron chi connectivity index (χ3n) is 9.64. The Labute approximate surface area is 276 Å². The van der Waals surface area contributed by atoms with E-state index in [0.717, 1.165) is 55.3 Å². The van der Waals surface area contributed by atoms with Crippen molar-refractivity contribution in [2.75, 3.05) is 0 Å². The predicted molar refractivity (Wildman–Crippen MR) is 198 cm³/mol. The second-order valence-corrected chi connectivity index (χ2v) is 12.3. The summed E-state index contributed by atoms with van der Waals surface area (Å²) in [5.41, 5.74) is 10.9. The minimum absolute atomic E-state index is 0.928. The van der Waals surface area contributed by atoms with Crippen LogP contribution in [0.2, 0.25) is 0 Å². The number of fused-ring (bicyclic) bond motifs is 3. The molecule has 10 aromatic rings. The highest BCUT2D eigenvalue weighted by Gasteiger charge is 2.17. The molecule has 4 aromatic heterocycles. The van der Waals surface area contributed by atoms with Gasteiger partial charge >= 0.3 is 0 Å². The minimum atomic E-state index is 0.928. The van der Waals surface area contributed by atoms with Gasteiger partial charge in [0.05, 0.1) is 16.7 Å². The molecule has 6 aromatic carbocycles. The lowest BCUT2D eigenvalue weighted by Crippen LogP contribution is -1.92. The fourth-order valence-corrected chi connectivity index (χ4v) is 7.36. The van der Waals surface area contributed by atoms with Gasteiger partial charge in [-0.3, -0.25) is 15.0 Å². The number of hydrogen-bond acceptors (Lipinski definition) is 4. The molecule has 4 heteroatoms. The average molecular weight is 611 g/mol. The molecule has 4 heterocycles. The highest BCUT2D eigenvalue weighted by atomic mass is 14.8. The topological polar surface area (TPSA) is 51.6 Å². The average Bonchev–Trinajstić information content (AvgIpc) is 3.17. The monoisotopic (exact) mass is 610 g/mol. The van der Waals surface area contributed by atoms with Crippen LogP contribution in [0.5, 0.6) is 0 Å². The van der Waals surface area contributed by atoms with Gasteiger partial charge in [0.2, 0.25) is 0 Å². The maximum Gasteiger partial charge on any atom is 0.0972 e. The van der Waals surface area contributed by atoms with Gasteiger partial charge in [0.25, 0.3) is 0 Å². The van der Waals surface area contributed by atoms with Crippen LogP contribution in [0.3, 0.4) is 0 Å². The Kier molecular flexibility index (Phi) is 5.84. The lowest BCUT2D eigenvalue weighted by Gasteiger charge is -2.17. The molecule has 0 unspecified atom stereocenters. The van der Waals surface area contributed by atoms with Gasteiger partial charge in [-0.25, -0.2) is 4.98 Å². The van der Waals surface area contributed by atoms with Gasteiger partial charge in [-0.2, -0.15) is 0 Å². The molecule has 0 spiro atoms. The molecule has 0 N–H and O–H groups in total. The summed E-state index contributed by atoms with van der Waals surface area (Å²) in [5, 5.41) is 9.61. The van der Waals surface area contributed by atoms with Crippen LogP contribution in [0.15, 0.2) is 158 Å². The third-order valence-corrected chi connectivity index (χ3v) is 9.64. The molecule has 0 saturated carbocycles. The summed E-state index contributed by atoms with van der Waals surface area (Å²) in [6, 6.07) is 45.8. The maximum absolute atomic E-state index is 5.23. The molecule has 0 aliphatic carbocycles. The van der Waals surface area contributed by atoms with Crippen molar-refractivity contribution < 1.29 is 0 Å². The molecule has 0 aliphatic rings.